The molecule has 1 spiro atoms. The van der Waals surface area contributed by atoms with Crippen LogP contribution in [0, 0.1) is 13.8 Å². The number of anilines is 6. The Kier molecular flexibility index (Phi) is 11.2. The molecule has 0 radical (unpaired) electrons. The summed E-state index contributed by atoms with van der Waals surface area (Å²) in [6, 6.07) is 87.9. The number of aryl methyl sites for hydroxylation is 2. The number of furan rings is 2. The van der Waals surface area contributed by atoms with Crippen LogP contribution in [0.4, 0.5) is 34.1 Å². The minimum absolute atomic E-state index is 0.500. The number of nitrogens with zero attached hydrogens (tertiary/aromatic N) is 2. The second kappa shape index (κ2) is 19.6. The lowest BCUT2D eigenvalue weighted by molar-refractivity contribution is 0.442. The van der Waals surface area contributed by atoms with Gasteiger partial charge in [0, 0.05) is 44.3 Å². The third-order valence-corrected chi connectivity index (χ3v) is 21.6. The molecule has 0 N–H and O–H groups in total. The first-order valence-electron chi connectivity index (χ1n) is 32.7. The zero-order chi connectivity index (χ0) is 58.6. The van der Waals surface area contributed by atoms with Crippen molar-refractivity contribution in [1.29, 1.82) is 0 Å². The normalized spacial score (nSPS) is 15.5. The van der Waals surface area contributed by atoms with Gasteiger partial charge in [0.1, 0.15) is 11.2 Å². The Morgan fingerprint density at radius 2 is 0.742 bits per heavy atom. The summed E-state index contributed by atoms with van der Waals surface area (Å²) in [5, 5.41) is 7.32. The molecular weight excluding hydrogens is 1080 g/mol. The minimum atomic E-state index is -0.754. The van der Waals surface area contributed by atoms with Crippen LogP contribution in [0.2, 0.25) is 0 Å². The number of hydrogen-bond donors (Lipinski definition) is 0. The summed E-state index contributed by atoms with van der Waals surface area (Å²) < 4.78 is 14.8. The van der Waals surface area contributed by atoms with E-state index in [1.54, 1.807) is 0 Å². The van der Waals surface area contributed by atoms with Gasteiger partial charge in [-0.3, -0.25) is 0 Å². The highest BCUT2D eigenvalue weighted by Crippen LogP contribution is 2.67. The van der Waals surface area contributed by atoms with E-state index in [-0.39, 0.29) is 0 Å². The van der Waals surface area contributed by atoms with E-state index < -0.39 is 5.41 Å². The number of para-hydroxylation sites is 6. The molecule has 4 heteroatoms. The van der Waals surface area contributed by atoms with Gasteiger partial charge in [-0.25, -0.2) is 0 Å². The molecular formula is C85H66N2O2. The van der Waals surface area contributed by atoms with E-state index in [0.29, 0.717) is 11.8 Å². The Labute approximate surface area is 519 Å². The van der Waals surface area contributed by atoms with Crippen molar-refractivity contribution < 1.29 is 8.83 Å². The van der Waals surface area contributed by atoms with Gasteiger partial charge in [-0.1, -0.05) is 214 Å². The van der Waals surface area contributed by atoms with Crippen LogP contribution in [0.1, 0.15) is 121 Å². The largest absolute Gasteiger partial charge is 0.454 e. The summed E-state index contributed by atoms with van der Waals surface area (Å²) in [4.78, 5) is 5.00. The van der Waals surface area contributed by atoms with E-state index >= 15 is 0 Å². The molecule has 428 valence electrons. The van der Waals surface area contributed by atoms with Crippen LogP contribution in [0.15, 0.2) is 239 Å². The molecule has 19 rings (SSSR count). The Morgan fingerprint density at radius 3 is 1.28 bits per heavy atom. The number of benzene rings is 12. The molecule has 2 heterocycles. The molecule has 5 aliphatic rings. The van der Waals surface area contributed by atoms with Crippen LogP contribution in [-0.2, 0) is 5.41 Å². The molecule has 5 aliphatic carbocycles. The predicted molar refractivity (Wildman–Crippen MR) is 370 cm³/mol. The molecule has 2 saturated carbocycles. The number of rotatable bonds is 8. The lowest BCUT2D eigenvalue weighted by atomic mass is 9.70. The third kappa shape index (κ3) is 7.23. The lowest BCUT2D eigenvalue weighted by Gasteiger charge is -2.34. The molecule has 0 unspecified atom stereocenters. The summed E-state index contributed by atoms with van der Waals surface area (Å²) in [7, 11) is 0. The van der Waals surface area contributed by atoms with E-state index in [1.165, 1.54) is 175 Å². The molecule has 0 atom stereocenters. The zero-order valence-electron chi connectivity index (χ0n) is 50.4. The van der Waals surface area contributed by atoms with E-state index in [9.17, 15) is 0 Å². The topological polar surface area (TPSA) is 32.8 Å². The van der Waals surface area contributed by atoms with Gasteiger partial charge in [-0.2, -0.15) is 0 Å². The summed E-state index contributed by atoms with van der Waals surface area (Å²) in [6.07, 6.45) is 12.5. The summed E-state index contributed by atoms with van der Waals surface area (Å²) in [6.45, 7) is 4.50. The zero-order valence-corrected chi connectivity index (χ0v) is 50.4. The van der Waals surface area contributed by atoms with Crippen LogP contribution >= 0.6 is 0 Å². The van der Waals surface area contributed by atoms with Crippen molar-refractivity contribution in [3.05, 3.63) is 275 Å². The maximum atomic E-state index is 7.40. The lowest BCUT2D eigenvalue weighted by Crippen LogP contribution is -2.27. The summed E-state index contributed by atoms with van der Waals surface area (Å²) in [5.41, 5.74) is 30.2. The Bertz CT molecular complexity index is 5060. The fraction of sp³-hybridized carbons (Fsp3) is 0.176. The second-order valence-electron chi connectivity index (χ2n) is 26.2. The van der Waals surface area contributed by atoms with Crippen molar-refractivity contribution in [2.45, 2.75) is 95.3 Å². The third-order valence-electron chi connectivity index (χ3n) is 21.6. The SMILES string of the molecule is Cc1ccccc1N(c1ccc2c(c1)C1(c3cc(N(c4ccccc4C)c4cccc5c4oc4c(C6CCCCC6)cccc45)ccc3-2)c2ccccc2-c2c1cc1c3c(cccc23)-c2ccccc2-1)c1cccc2c1oc1c(C3CCCCC3)cccc12. The average molecular weight is 1150 g/mol. The first kappa shape index (κ1) is 51.2. The maximum Gasteiger partial charge on any atom is 0.159 e. The van der Waals surface area contributed by atoms with Crippen molar-refractivity contribution in [2.75, 3.05) is 9.80 Å². The van der Waals surface area contributed by atoms with Crippen molar-refractivity contribution >= 4 is 88.8 Å². The molecule has 12 aromatic carbocycles. The van der Waals surface area contributed by atoms with Gasteiger partial charge in [0.25, 0.3) is 0 Å². The smallest absolute Gasteiger partial charge is 0.159 e. The van der Waals surface area contributed by atoms with Crippen LogP contribution in [0.5, 0.6) is 0 Å². The highest BCUT2D eigenvalue weighted by atomic mass is 16.3. The van der Waals surface area contributed by atoms with Crippen molar-refractivity contribution in [2.24, 2.45) is 0 Å². The van der Waals surface area contributed by atoms with E-state index in [2.05, 4.69) is 254 Å². The van der Waals surface area contributed by atoms with Gasteiger partial charge < -0.3 is 18.6 Å². The summed E-state index contributed by atoms with van der Waals surface area (Å²) >= 11 is 0. The Balaban J connectivity index is 0.885. The van der Waals surface area contributed by atoms with Crippen molar-refractivity contribution in [3.8, 4) is 44.5 Å². The monoisotopic (exact) mass is 1150 g/mol. The van der Waals surface area contributed by atoms with Gasteiger partial charge >= 0.3 is 0 Å². The molecule has 2 aromatic heterocycles. The van der Waals surface area contributed by atoms with Gasteiger partial charge in [0.05, 0.1) is 16.8 Å². The maximum absolute atomic E-state index is 7.40. The van der Waals surface area contributed by atoms with Gasteiger partial charge in [0.15, 0.2) is 11.2 Å². The standard InChI is InChI=1S/C85H66N2O2/c1-51-22-9-15-40-75(51)86(77-42-20-36-66-64-34-17-31-57(81(64)88-83(66)77)53-24-5-3-6-25-53)55-44-46-61-62-47-45-56(87(76-41-16-10-23-52(76)2)78-43-21-37-67-65-35-18-32-58(82(65)89-84(67)78)54-26-7-4-8-27-54)49-73(62)85(72(61)48-55)71-39-14-13-30-68(71)80-69-38-19-33-63-59-28-11-12-29-60(59)70(79(63)69)50-74(80)85/h9-23,28-50,53-54H,3-8,24-27H2,1-2H3. The molecule has 14 aromatic rings. The quantitative estimate of drug-likeness (QED) is 0.152. The molecule has 0 bridgehead atoms. The molecule has 0 saturated heterocycles. The Hall–Kier alpha value is -9.90. The first-order valence-corrected chi connectivity index (χ1v) is 32.7. The highest BCUT2D eigenvalue weighted by molar-refractivity contribution is 6.21. The van der Waals surface area contributed by atoms with E-state index in [4.69, 9.17) is 8.83 Å². The summed E-state index contributed by atoms with van der Waals surface area (Å²) in [5.74, 6) is 1.00. The van der Waals surface area contributed by atoms with Crippen LogP contribution in [0.25, 0.3) is 99.2 Å². The van der Waals surface area contributed by atoms with Crippen LogP contribution < -0.4 is 9.80 Å². The number of fused-ring (bicyclic) bond motifs is 20. The molecule has 2 fully saturated rings. The van der Waals surface area contributed by atoms with Gasteiger partial charge in [-0.15, -0.1) is 0 Å². The van der Waals surface area contributed by atoms with Gasteiger partial charge in [0.2, 0.25) is 0 Å². The Morgan fingerprint density at radius 1 is 0.315 bits per heavy atom. The van der Waals surface area contributed by atoms with Gasteiger partial charge in [-0.05, 0) is 206 Å². The number of hydrogen-bond acceptors (Lipinski definition) is 4. The minimum Gasteiger partial charge on any atom is -0.454 e. The van der Waals surface area contributed by atoms with E-state index in [1.807, 2.05) is 0 Å². The molecule has 89 heavy (non-hydrogen) atoms. The van der Waals surface area contributed by atoms with Crippen LogP contribution in [-0.4, -0.2) is 0 Å². The fourth-order valence-electron chi connectivity index (χ4n) is 17.7. The van der Waals surface area contributed by atoms with Crippen molar-refractivity contribution in [1.82, 2.24) is 0 Å². The van der Waals surface area contributed by atoms with E-state index in [0.717, 1.165) is 67.2 Å². The van der Waals surface area contributed by atoms with Crippen molar-refractivity contribution in [3.63, 3.8) is 0 Å². The second-order valence-corrected chi connectivity index (χ2v) is 26.2. The van der Waals surface area contributed by atoms with Crippen LogP contribution in [0.3, 0.4) is 0 Å². The first-order chi connectivity index (χ1) is 44.0. The molecule has 4 nitrogen and oxygen atoms in total. The fourth-order valence-corrected chi connectivity index (χ4v) is 17.7. The molecule has 0 amide bonds. The predicted octanol–water partition coefficient (Wildman–Crippen LogP) is 24.3. The average Bonchev–Trinajstić information content (AvgIpc) is 1.50. The molecule has 0 aliphatic heterocycles. The highest BCUT2D eigenvalue weighted by Gasteiger charge is 2.53.